The van der Waals surface area contributed by atoms with E-state index in [1.54, 1.807) is 24.4 Å². The van der Waals surface area contributed by atoms with Crippen molar-refractivity contribution >= 4 is 11.7 Å². The summed E-state index contributed by atoms with van der Waals surface area (Å²) in [5.41, 5.74) is 1.32. The zero-order chi connectivity index (χ0) is 18.5. The van der Waals surface area contributed by atoms with E-state index in [0.29, 0.717) is 35.2 Å². The summed E-state index contributed by atoms with van der Waals surface area (Å²) in [6.45, 7) is 4.27. The van der Waals surface area contributed by atoms with Crippen molar-refractivity contribution in [1.29, 1.82) is 0 Å². The van der Waals surface area contributed by atoms with Gasteiger partial charge in [-0.3, -0.25) is 4.79 Å². The van der Waals surface area contributed by atoms with Crippen LogP contribution in [0.2, 0.25) is 0 Å². The number of piperidine rings is 1. The number of aromatic nitrogens is 1. The minimum atomic E-state index is 0.0430. The number of carbonyl (C=O) groups is 1. The third kappa shape index (κ3) is 4.07. The lowest BCUT2D eigenvalue weighted by atomic mass is 9.99. The van der Waals surface area contributed by atoms with Crippen molar-refractivity contribution in [3.63, 3.8) is 0 Å². The number of likely N-dealkylation sites (tertiary alicyclic amines) is 1. The number of para-hydroxylation sites is 1. The van der Waals surface area contributed by atoms with Crippen molar-refractivity contribution in [2.75, 3.05) is 25.5 Å². The first-order chi connectivity index (χ1) is 12.6. The lowest BCUT2D eigenvalue weighted by Gasteiger charge is -2.30. The number of pyridine rings is 1. The van der Waals surface area contributed by atoms with Crippen LogP contribution in [-0.4, -0.2) is 41.1 Å². The number of hydrogen-bond acceptors (Lipinski definition) is 5. The second kappa shape index (κ2) is 8.08. The molecule has 0 spiro atoms. The number of amides is 1. The van der Waals surface area contributed by atoms with Crippen LogP contribution in [0, 0.1) is 5.92 Å². The highest BCUT2D eigenvalue weighted by molar-refractivity contribution is 5.94. The Balaban J connectivity index is 1.60. The molecular weight excluding hydrogens is 330 g/mol. The molecule has 0 atom stereocenters. The van der Waals surface area contributed by atoms with Crippen LogP contribution in [0.1, 0.15) is 35.7 Å². The van der Waals surface area contributed by atoms with E-state index in [1.165, 1.54) is 7.11 Å². The first-order valence-corrected chi connectivity index (χ1v) is 8.92. The quantitative estimate of drug-likeness (QED) is 0.861. The van der Waals surface area contributed by atoms with Crippen LogP contribution in [0.15, 0.2) is 36.5 Å². The van der Waals surface area contributed by atoms with Gasteiger partial charge in [0.05, 0.1) is 12.7 Å². The fraction of sp³-hybridized carbons (Fsp3) is 0.400. The molecule has 6 heteroatoms. The maximum Gasteiger partial charge on any atom is 0.255 e. The van der Waals surface area contributed by atoms with Crippen molar-refractivity contribution in [2.45, 2.75) is 26.3 Å². The number of hydrogen-bond donors (Lipinski definition) is 2. The van der Waals surface area contributed by atoms with Crippen LogP contribution in [0.5, 0.6) is 11.5 Å². The van der Waals surface area contributed by atoms with Crippen LogP contribution in [-0.2, 0) is 6.54 Å². The zero-order valence-corrected chi connectivity index (χ0v) is 15.2. The zero-order valence-electron chi connectivity index (χ0n) is 15.2. The van der Waals surface area contributed by atoms with Gasteiger partial charge in [-0.15, -0.1) is 0 Å². The van der Waals surface area contributed by atoms with E-state index in [1.807, 2.05) is 17.0 Å². The summed E-state index contributed by atoms with van der Waals surface area (Å²) in [5.74, 6) is 1.94. The van der Waals surface area contributed by atoms with Crippen LogP contribution >= 0.6 is 0 Å². The SMILES string of the molecule is COc1cccc(CNc2ccc(C(=O)N3CCC(C)CC3)cn2)c1O. The van der Waals surface area contributed by atoms with E-state index in [2.05, 4.69) is 17.2 Å². The van der Waals surface area contributed by atoms with E-state index >= 15 is 0 Å². The molecule has 26 heavy (non-hydrogen) atoms. The monoisotopic (exact) mass is 355 g/mol. The predicted octanol–water partition coefficient (Wildman–Crippen LogP) is 3.28. The summed E-state index contributed by atoms with van der Waals surface area (Å²) in [7, 11) is 1.52. The van der Waals surface area contributed by atoms with Crippen LogP contribution < -0.4 is 10.1 Å². The average Bonchev–Trinajstić information content (AvgIpc) is 2.68. The molecule has 0 bridgehead atoms. The third-order valence-corrected chi connectivity index (χ3v) is 4.84. The number of rotatable bonds is 5. The van der Waals surface area contributed by atoms with E-state index in [0.717, 1.165) is 25.9 Å². The van der Waals surface area contributed by atoms with Crippen molar-refractivity contribution in [2.24, 2.45) is 5.92 Å². The largest absolute Gasteiger partial charge is 0.504 e. The molecular formula is C20H25N3O3. The molecule has 0 unspecified atom stereocenters. The van der Waals surface area contributed by atoms with Gasteiger partial charge in [0.15, 0.2) is 11.5 Å². The lowest BCUT2D eigenvalue weighted by Crippen LogP contribution is -2.37. The molecule has 2 N–H and O–H groups in total. The van der Waals surface area contributed by atoms with E-state index in [4.69, 9.17) is 4.74 Å². The fourth-order valence-corrected chi connectivity index (χ4v) is 3.08. The van der Waals surface area contributed by atoms with Gasteiger partial charge in [-0.05, 0) is 37.0 Å². The molecule has 138 valence electrons. The van der Waals surface area contributed by atoms with Gasteiger partial charge in [-0.2, -0.15) is 0 Å². The number of anilines is 1. The number of aromatic hydroxyl groups is 1. The van der Waals surface area contributed by atoms with Gasteiger partial charge in [0.1, 0.15) is 5.82 Å². The first-order valence-electron chi connectivity index (χ1n) is 8.92. The minimum Gasteiger partial charge on any atom is -0.504 e. The van der Waals surface area contributed by atoms with Crippen LogP contribution in [0.3, 0.4) is 0 Å². The molecule has 3 rings (SSSR count). The number of methoxy groups -OCH3 is 1. The van der Waals surface area contributed by atoms with Crippen LogP contribution in [0.25, 0.3) is 0 Å². The second-order valence-corrected chi connectivity index (χ2v) is 6.73. The van der Waals surface area contributed by atoms with Crippen LogP contribution in [0.4, 0.5) is 5.82 Å². The van der Waals surface area contributed by atoms with Gasteiger partial charge >= 0.3 is 0 Å². The Labute approximate surface area is 153 Å². The molecule has 0 saturated carbocycles. The lowest BCUT2D eigenvalue weighted by molar-refractivity contribution is 0.0697. The molecule has 1 aromatic carbocycles. The Morgan fingerprint density at radius 1 is 1.31 bits per heavy atom. The Bertz CT molecular complexity index is 753. The Kier molecular flexibility index (Phi) is 5.61. The minimum absolute atomic E-state index is 0.0430. The van der Waals surface area contributed by atoms with E-state index < -0.39 is 0 Å². The topological polar surface area (TPSA) is 74.7 Å². The maximum atomic E-state index is 12.5. The number of phenols is 1. The smallest absolute Gasteiger partial charge is 0.255 e. The van der Waals surface area contributed by atoms with Crippen molar-refractivity contribution in [3.8, 4) is 11.5 Å². The molecule has 1 saturated heterocycles. The molecule has 0 radical (unpaired) electrons. The van der Waals surface area contributed by atoms with Gasteiger partial charge in [-0.1, -0.05) is 19.1 Å². The van der Waals surface area contributed by atoms with E-state index in [9.17, 15) is 9.90 Å². The third-order valence-electron chi connectivity index (χ3n) is 4.84. The first kappa shape index (κ1) is 18.0. The summed E-state index contributed by atoms with van der Waals surface area (Å²) in [5, 5.41) is 13.3. The van der Waals surface area contributed by atoms with Crippen molar-refractivity contribution in [1.82, 2.24) is 9.88 Å². The summed E-state index contributed by atoms with van der Waals surface area (Å²) in [6.07, 6.45) is 3.72. The number of phenolic OH excluding ortho intramolecular Hbond substituents is 1. The molecule has 6 nitrogen and oxygen atoms in total. The standard InChI is InChI=1S/C20H25N3O3/c1-14-8-10-23(11-9-14)20(25)16-6-7-18(22-13-16)21-12-15-4-3-5-17(26-2)19(15)24/h3-7,13-14,24H,8-12H2,1-2H3,(H,21,22). The van der Waals surface area contributed by atoms with Gasteiger partial charge in [0, 0.05) is 31.4 Å². The predicted molar refractivity (Wildman–Crippen MR) is 101 cm³/mol. The maximum absolute atomic E-state index is 12.5. The molecule has 1 amide bonds. The summed E-state index contributed by atoms with van der Waals surface area (Å²) in [6, 6.07) is 8.93. The van der Waals surface area contributed by atoms with Crippen molar-refractivity contribution in [3.05, 3.63) is 47.7 Å². The normalized spacial score (nSPS) is 14.9. The highest BCUT2D eigenvalue weighted by Gasteiger charge is 2.21. The van der Waals surface area contributed by atoms with Crippen molar-refractivity contribution < 1.29 is 14.6 Å². The van der Waals surface area contributed by atoms with Gasteiger partial charge in [-0.25, -0.2) is 4.98 Å². The average molecular weight is 355 g/mol. The Morgan fingerprint density at radius 3 is 2.73 bits per heavy atom. The number of nitrogens with one attached hydrogen (secondary N) is 1. The number of benzene rings is 1. The molecule has 1 aromatic heterocycles. The summed E-state index contributed by atoms with van der Waals surface area (Å²) in [4.78, 5) is 18.8. The highest BCUT2D eigenvalue weighted by Crippen LogP contribution is 2.29. The fourth-order valence-electron chi connectivity index (χ4n) is 3.08. The molecule has 2 heterocycles. The van der Waals surface area contributed by atoms with Gasteiger partial charge in [0.2, 0.25) is 0 Å². The highest BCUT2D eigenvalue weighted by atomic mass is 16.5. The van der Waals surface area contributed by atoms with Gasteiger partial charge < -0.3 is 20.1 Å². The molecule has 0 aliphatic carbocycles. The number of carbonyl (C=O) groups excluding carboxylic acids is 1. The molecule has 2 aromatic rings. The summed E-state index contributed by atoms with van der Waals surface area (Å²) >= 11 is 0. The Morgan fingerprint density at radius 2 is 2.08 bits per heavy atom. The summed E-state index contributed by atoms with van der Waals surface area (Å²) < 4.78 is 5.11. The second-order valence-electron chi connectivity index (χ2n) is 6.73. The molecule has 1 aliphatic heterocycles. The molecule has 1 aliphatic rings. The molecule has 1 fully saturated rings. The number of nitrogens with zero attached hydrogens (tertiary/aromatic N) is 2. The van der Waals surface area contributed by atoms with Gasteiger partial charge in [0.25, 0.3) is 5.91 Å². The number of ether oxygens (including phenoxy) is 1. The Hall–Kier alpha value is -2.76. The van der Waals surface area contributed by atoms with E-state index in [-0.39, 0.29) is 11.7 Å².